The summed E-state index contributed by atoms with van der Waals surface area (Å²) in [5.74, 6) is 0. The summed E-state index contributed by atoms with van der Waals surface area (Å²) in [6.07, 6.45) is 9.62. The number of pyridine rings is 1. The Morgan fingerprint density at radius 1 is 1.31 bits per heavy atom. The number of hydrogen-bond acceptors (Lipinski definition) is 3. The molecule has 0 bridgehead atoms. The van der Waals surface area contributed by atoms with E-state index >= 15 is 0 Å². The van der Waals surface area contributed by atoms with Gasteiger partial charge in [0.1, 0.15) is 5.01 Å². The molecule has 0 amide bonds. The van der Waals surface area contributed by atoms with E-state index in [4.69, 9.17) is 0 Å². The van der Waals surface area contributed by atoms with Crippen molar-refractivity contribution in [2.75, 3.05) is 0 Å². The average molecular weight is 228 g/mol. The van der Waals surface area contributed by atoms with Crippen LogP contribution in [0.4, 0.5) is 0 Å². The smallest absolute Gasteiger partial charge is 0.125 e. The van der Waals surface area contributed by atoms with Crippen molar-refractivity contribution in [2.24, 2.45) is 0 Å². The van der Waals surface area contributed by atoms with Crippen LogP contribution < -0.4 is 0 Å². The first-order valence-corrected chi connectivity index (χ1v) is 6.37. The predicted molar refractivity (Wildman–Crippen MR) is 67.2 cm³/mol. The minimum Gasteiger partial charge on any atom is -0.264 e. The summed E-state index contributed by atoms with van der Waals surface area (Å²) < 4.78 is 0. The maximum atomic E-state index is 4.67. The fourth-order valence-corrected chi connectivity index (χ4v) is 2.78. The Morgan fingerprint density at radius 2 is 2.31 bits per heavy atom. The molecule has 1 aliphatic rings. The molecule has 2 aromatic heterocycles. The van der Waals surface area contributed by atoms with Gasteiger partial charge in [0.15, 0.2) is 0 Å². The van der Waals surface area contributed by atoms with Crippen molar-refractivity contribution in [3.05, 3.63) is 41.7 Å². The molecule has 2 aromatic rings. The Balaban J connectivity index is 1.94. The summed E-state index contributed by atoms with van der Waals surface area (Å²) in [6, 6.07) is 4.00. The molecule has 0 radical (unpaired) electrons. The van der Waals surface area contributed by atoms with Gasteiger partial charge in [-0.15, -0.1) is 11.3 Å². The van der Waals surface area contributed by atoms with E-state index in [0.717, 1.165) is 16.3 Å². The molecular weight excluding hydrogens is 216 g/mol. The molecular formula is C13H12N2S. The molecule has 80 valence electrons. The van der Waals surface area contributed by atoms with E-state index in [0.29, 0.717) is 0 Å². The second-order valence-electron chi connectivity index (χ2n) is 3.90. The Morgan fingerprint density at radius 3 is 3.06 bits per heavy atom. The van der Waals surface area contributed by atoms with Crippen molar-refractivity contribution in [2.45, 2.75) is 19.3 Å². The molecule has 0 aliphatic heterocycles. The number of aromatic nitrogens is 2. The van der Waals surface area contributed by atoms with Crippen LogP contribution in [0, 0.1) is 0 Å². The first kappa shape index (κ1) is 9.73. The number of nitrogens with zero attached hydrogens (tertiary/aromatic N) is 2. The SMILES string of the molecule is C1=C(c2csc(-c3cccnc3)n2)CCC1. The van der Waals surface area contributed by atoms with Crippen molar-refractivity contribution >= 4 is 16.9 Å². The molecule has 3 rings (SSSR count). The van der Waals surface area contributed by atoms with Crippen LogP contribution in [0.25, 0.3) is 16.1 Å². The van der Waals surface area contributed by atoms with Crippen LogP contribution in [-0.2, 0) is 0 Å². The Hall–Kier alpha value is -1.48. The molecule has 0 spiro atoms. The van der Waals surface area contributed by atoms with Crippen molar-refractivity contribution in [3.8, 4) is 10.6 Å². The summed E-state index contributed by atoms with van der Waals surface area (Å²) in [6.45, 7) is 0. The van der Waals surface area contributed by atoms with Gasteiger partial charge < -0.3 is 0 Å². The topological polar surface area (TPSA) is 25.8 Å². The van der Waals surface area contributed by atoms with Crippen molar-refractivity contribution in [1.82, 2.24) is 9.97 Å². The van der Waals surface area contributed by atoms with E-state index < -0.39 is 0 Å². The molecule has 2 heterocycles. The van der Waals surface area contributed by atoms with Crippen LogP contribution in [0.5, 0.6) is 0 Å². The van der Waals surface area contributed by atoms with Gasteiger partial charge in [-0.2, -0.15) is 0 Å². The van der Waals surface area contributed by atoms with Gasteiger partial charge >= 0.3 is 0 Å². The van der Waals surface area contributed by atoms with Gasteiger partial charge in [-0.05, 0) is 37.0 Å². The molecule has 1 aliphatic carbocycles. The van der Waals surface area contributed by atoms with Gasteiger partial charge in [0, 0.05) is 23.3 Å². The highest BCUT2D eigenvalue weighted by Gasteiger charge is 2.11. The molecule has 2 nitrogen and oxygen atoms in total. The van der Waals surface area contributed by atoms with Gasteiger partial charge in [0.25, 0.3) is 0 Å². The lowest BCUT2D eigenvalue weighted by Gasteiger charge is -1.95. The molecule has 0 aromatic carbocycles. The van der Waals surface area contributed by atoms with Crippen LogP contribution in [0.2, 0.25) is 0 Å². The maximum absolute atomic E-state index is 4.67. The minimum absolute atomic E-state index is 1.07. The number of rotatable bonds is 2. The van der Waals surface area contributed by atoms with Gasteiger partial charge in [-0.1, -0.05) is 6.08 Å². The van der Waals surface area contributed by atoms with E-state index in [-0.39, 0.29) is 0 Å². The van der Waals surface area contributed by atoms with Gasteiger partial charge in [0.05, 0.1) is 5.69 Å². The summed E-state index contributed by atoms with van der Waals surface area (Å²) in [5, 5.41) is 3.22. The Bertz CT molecular complexity index is 514. The Kier molecular flexibility index (Phi) is 2.54. The molecule has 0 atom stereocenters. The van der Waals surface area contributed by atoms with Crippen molar-refractivity contribution < 1.29 is 0 Å². The fourth-order valence-electron chi connectivity index (χ4n) is 1.95. The summed E-state index contributed by atoms with van der Waals surface area (Å²) in [7, 11) is 0. The van der Waals surface area contributed by atoms with Crippen molar-refractivity contribution in [3.63, 3.8) is 0 Å². The first-order valence-electron chi connectivity index (χ1n) is 5.49. The van der Waals surface area contributed by atoms with E-state index in [9.17, 15) is 0 Å². The van der Waals surface area contributed by atoms with E-state index in [1.807, 2.05) is 12.3 Å². The van der Waals surface area contributed by atoms with Crippen molar-refractivity contribution in [1.29, 1.82) is 0 Å². The van der Waals surface area contributed by atoms with E-state index in [2.05, 4.69) is 27.5 Å². The van der Waals surface area contributed by atoms with Gasteiger partial charge in [-0.3, -0.25) is 4.98 Å². The molecule has 0 saturated carbocycles. The molecule has 3 heteroatoms. The monoisotopic (exact) mass is 228 g/mol. The molecule has 0 fully saturated rings. The minimum atomic E-state index is 1.07. The lowest BCUT2D eigenvalue weighted by molar-refractivity contribution is 0.933. The lowest BCUT2D eigenvalue weighted by Crippen LogP contribution is -1.82. The third kappa shape index (κ3) is 1.78. The summed E-state index contributed by atoms with van der Waals surface area (Å²) in [4.78, 5) is 8.79. The first-order chi connectivity index (χ1) is 7.93. The van der Waals surface area contributed by atoms with Crippen LogP contribution in [0.1, 0.15) is 25.0 Å². The number of thiazole rings is 1. The summed E-state index contributed by atoms with van der Waals surface area (Å²) in [5.41, 5.74) is 3.67. The largest absolute Gasteiger partial charge is 0.264 e. The average Bonchev–Trinajstić information content (AvgIpc) is 3.01. The second-order valence-corrected chi connectivity index (χ2v) is 4.76. The highest BCUT2D eigenvalue weighted by molar-refractivity contribution is 7.13. The quantitative estimate of drug-likeness (QED) is 0.782. The summed E-state index contributed by atoms with van der Waals surface area (Å²) >= 11 is 1.70. The molecule has 16 heavy (non-hydrogen) atoms. The number of hydrogen-bond donors (Lipinski definition) is 0. The lowest BCUT2D eigenvalue weighted by atomic mass is 10.2. The van der Waals surface area contributed by atoms with Gasteiger partial charge in [0.2, 0.25) is 0 Å². The van der Waals surface area contributed by atoms with Crippen LogP contribution in [0.3, 0.4) is 0 Å². The number of allylic oxidation sites excluding steroid dienone is 2. The second kappa shape index (κ2) is 4.18. The van der Waals surface area contributed by atoms with E-state index in [1.165, 1.54) is 24.8 Å². The molecule has 0 unspecified atom stereocenters. The zero-order valence-corrected chi connectivity index (χ0v) is 9.70. The highest BCUT2D eigenvalue weighted by atomic mass is 32.1. The van der Waals surface area contributed by atoms with Crippen LogP contribution in [0.15, 0.2) is 36.0 Å². The third-order valence-corrected chi connectivity index (χ3v) is 3.67. The molecule has 0 saturated heterocycles. The third-order valence-electron chi connectivity index (χ3n) is 2.78. The van der Waals surface area contributed by atoms with Gasteiger partial charge in [-0.25, -0.2) is 4.98 Å². The van der Waals surface area contributed by atoms with Crippen LogP contribution in [-0.4, -0.2) is 9.97 Å². The Labute approximate surface area is 98.7 Å². The maximum Gasteiger partial charge on any atom is 0.125 e. The van der Waals surface area contributed by atoms with E-state index in [1.54, 1.807) is 17.5 Å². The predicted octanol–water partition coefficient (Wildman–Crippen LogP) is 3.77. The highest BCUT2D eigenvalue weighted by Crippen LogP contribution is 2.31. The zero-order chi connectivity index (χ0) is 10.8. The molecule has 0 N–H and O–H groups in total. The fraction of sp³-hybridized carbons (Fsp3) is 0.231. The normalized spacial score (nSPS) is 15.1. The zero-order valence-electron chi connectivity index (χ0n) is 8.89. The standard InChI is InChI=1S/C13H12N2S/c1-2-5-10(4-1)12-9-16-13(15-12)11-6-3-7-14-8-11/h3-4,6-9H,1-2,5H2. The van der Waals surface area contributed by atoms with Crippen LogP contribution >= 0.6 is 11.3 Å².